The molecule has 0 aromatic heterocycles. The van der Waals surface area contributed by atoms with Crippen molar-refractivity contribution in [2.45, 2.75) is 19.8 Å². The van der Waals surface area contributed by atoms with Crippen LogP contribution in [0.2, 0.25) is 0 Å². The summed E-state index contributed by atoms with van der Waals surface area (Å²) in [6.45, 7) is 4.91. The molecule has 1 saturated heterocycles. The van der Waals surface area contributed by atoms with Crippen molar-refractivity contribution in [3.8, 4) is 0 Å². The molecular weight excluding hydrogens is 228 g/mol. The van der Waals surface area contributed by atoms with Gasteiger partial charge in [-0.1, -0.05) is 19.1 Å². The molecular formula is C14H20N2O2. The summed E-state index contributed by atoms with van der Waals surface area (Å²) in [6, 6.07) is 7.67. The molecule has 1 N–H and O–H groups in total. The number of benzene rings is 1. The van der Waals surface area contributed by atoms with Crippen LogP contribution in [-0.2, 0) is 4.74 Å². The highest BCUT2D eigenvalue weighted by Crippen LogP contribution is 2.18. The summed E-state index contributed by atoms with van der Waals surface area (Å²) in [6.07, 6.45) is 1.95. The first-order chi connectivity index (χ1) is 8.83. The molecule has 1 amide bonds. The molecule has 1 aromatic carbocycles. The van der Waals surface area contributed by atoms with E-state index in [0.29, 0.717) is 6.73 Å². The minimum atomic E-state index is 0.0499. The van der Waals surface area contributed by atoms with Gasteiger partial charge >= 0.3 is 0 Å². The lowest BCUT2D eigenvalue weighted by atomic mass is 10.1. The summed E-state index contributed by atoms with van der Waals surface area (Å²) in [5.74, 6) is 0.0499. The number of amides is 1. The van der Waals surface area contributed by atoms with Crippen LogP contribution in [0.15, 0.2) is 24.3 Å². The van der Waals surface area contributed by atoms with E-state index in [1.54, 1.807) is 4.90 Å². The fourth-order valence-electron chi connectivity index (χ4n) is 2.01. The average molecular weight is 248 g/mol. The van der Waals surface area contributed by atoms with E-state index < -0.39 is 0 Å². The fraction of sp³-hybridized carbons (Fsp3) is 0.500. The Morgan fingerprint density at radius 2 is 2.28 bits per heavy atom. The molecule has 4 nitrogen and oxygen atoms in total. The number of ether oxygens (including phenoxy) is 1. The molecule has 98 valence electrons. The number of carbonyl (C=O) groups is 1. The Hall–Kier alpha value is -1.55. The molecule has 0 aliphatic carbocycles. The number of hydrogen-bond acceptors (Lipinski definition) is 3. The first-order valence-corrected chi connectivity index (χ1v) is 6.53. The molecule has 0 saturated carbocycles. The lowest BCUT2D eigenvalue weighted by molar-refractivity contribution is -0.00565. The van der Waals surface area contributed by atoms with Crippen molar-refractivity contribution in [3.05, 3.63) is 29.8 Å². The van der Waals surface area contributed by atoms with Crippen molar-refractivity contribution < 1.29 is 9.53 Å². The molecule has 1 aliphatic heterocycles. The minimum Gasteiger partial charge on any atom is -0.384 e. The van der Waals surface area contributed by atoms with E-state index in [1.165, 1.54) is 0 Å². The van der Waals surface area contributed by atoms with Crippen LogP contribution >= 0.6 is 0 Å². The maximum absolute atomic E-state index is 12.4. The third-order valence-corrected chi connectivity index (χ3v) is 2.97. The monoisotopic (exact) mass is 248 g/mol. The predicted molar refractivity (Wildman–Crippen MR) is 71.7 cm³/mol. The Labute approximate surface area is 108 Å². The smallest absolute Gasteiger partial charge is 0.257 e. The molecule has 0 atom stereocenters. The zero-order valence-corrected chi connectivity index (χ0v) is 10.8. The van der Waals surface area contributed by atoms with E-state index in [9.17, 15) is 4.79 Å². The van der Waals surface area contributed by atoms with Crippen molar-refractivity contribution in [2.75, 3.05) is 31.7 Å². The van der Waals surface area contributed by atoms with Gasteiger partial charge in [0.2, 0.25) is 0 Å². The van der Waals surface area contributed by atoms with E-state index >= 15 is 0 Å². The van der Waals surface area contributed by atoms with Gasteiger partial charge in [0.05, 0.1) is 12.2 Å². The molecule has 0 unspecified atom stereocenters. The maximum atomic E-state index is 12.4. The highest BCUT2D eigenvalue weighted by molar-refractivity contribution is 5.99. The zero-order chi connectivity index (χ0) is 12.8. The SMILES string of the molecule is CCCNc1ccccc1C(=O)N1CCCOC1. The molecule has 1 heterocycles. The number of nitrogens with one attached hydrogen (secondary N) is 1. The summed E-state index contributed by atoms with van der Waals surface area (Å²) in [5.41, 5.74) is 1.64. The maximum Gasteiger partial charge on any atom is 0.257 e. The van der Waals surface area contributed by atoms with Gasteiger partial charge in [0.15, 0.2) is 0 Å². The van der Waals surface area contributed by atoms with E-state index in [1.807, 2.05) is 24.3 Å². The second kappa shape index (κ2) is 6.40. The fourth-order valence-corrected chi connectivity index (χ4v) is 2.01. The molecule has 18 heavy (non-hydrogen) atoms. The number of nitrogens with zero attached hydrogens (tertiary/aromatic N) is 1. The lowest BCUT2D eigenvalue weighted by Gasteiger charge is -2.27. The van der Waals surface area contributed by atoms with Crippen molar-refractivity contribution >= 4 is 11.6 Å². The van der Waals surface area contributed by atoms with Crippen molar-refractivity contribution in [3.63, 3.8) is 0 Å². The Bertz CT molecular complexity index is 401. The Kier molecular flexibility index (Phi) is 4.59. The van der Waals surface area contributed by atoms with Crippen LogP contribution < -0.4 is 5.32 Å². The summed E-state index contributed by atoms with van der Waals surface area (Å²) in [5, 5.41) is 3.29. The second-order valence-electron chi connectivity index (χ2n) is 4.43. The quantitative estimate of drug-likeness (QED) is 0.889. The number of hydrogen-bond donors (Lipinski definition) is 1. The van der Waals surface area contributed by atoms with Gasteiger partial charge in [0.1, 0.15) is 6.73 Å². The van der Waals surface area contributed by atoms with Crippen LogP contribution in [0.1, 0.15) is 30.1 Å². The van der Waals surface area contributed by atoms with Gasteiger partial charge in [-0.2, -0.15) is 0 Å². The number of carbonyl (C=O) groups excluding carboxylic acids is 1. The van der Waals surface area contributed by atoms with Gasteiger partial charge in [-0.25, -0.2) is 0 Å². The Balaban J connectivity index is 2.12. The van der Waals surface area contributed by atoms with E-state index in [2.05, 4.69) is 12.2 Å². The molecule has 2 rings (SSSR count). The third kappa shape index (κ3) is 3.01. The number of anilines is 1. The van der Waals surface area contributed by atoms with E-state index in [-0.39, 0.29) is 5.91 Å². The summed E-state index contributed by atoms with van der Waals surface area (Å²) >= 11 is 0. The molecule has 1 aliphatic rings. The highest BCUT2D eigenvalue weighted by atomic mass is 16.5. The average Bonchev–Trinajstić information content (AvgIpc) is 2.45. The van der Waals surface area contributed by atoms with Gasteiger partial charge in [-0.15, -0.1) is 0 Å². The van der Waals surface area contributed by atoms with Crippen molar-refractivity contribution in [2.24, 2.45) is 0 Å². The van der Waals surface area contributed by atoms with E-state index in [0.717, 1.165) is 43.8 Å². The predicted octanol–water partition coefficient (Wildman–Crippen LogP) is 2.33. The third-order valence-electron chi connectivity index (χ3n) is 2.97. The molecule has 0 spiro atoms. The number of rotatable bonds is 4. The Morgan fingerprint density at radius 1 is 1.44 bits per heavy atom. The van der Waals surface area contributed by atoms with Crippen LogP contribution in [0.3, 0.4) is 0 Å². The first-order valence-electron chi connectivity index (χ1n) is 6.53. The van der Waals surface area contributed by atoms with Crippen LogP contribution in [0.5, 0.6) is 0 Å². The van der Waals surface area contributed by atoms with Gasteiger partial charge in [0.25, 0.3) is 5.91 Å². The van der Waals surface area contributed by atoms with Crippen LogP contribution in [0.4, 0.5) is 5.69 Å². The highest BCUT2D eigenvalue weighted by Gasteiger charge is 2.20. The van der Waals surface area contributed by atoms with Gasteiger partial charge < -0.3 is 15.0 Å². The van der Waals surface area contributed by atoms with E-state index in [4.69, 9.17) is 4.74 Å². The van der Waals surface area contributed by atoms with Crippen molar-refractivity contribution in [1.29, 1.82) is 0 Å². The first kappa shape index (κ1) is 12.9. The molecule has 0 radical (unpaired) electrons. The van der Waals surface area contributed by atoms with Gasteiger partial charge in [-0.3, -0.25) is 4.79 Å². The molecule has 1 fully saturated rings. The molecule has 1 aromatic rings. The van der Waals surface area contributed by atoms with Gasteiger partial charge in [0, 0.05) is 18.8 Å². The Morgan fingerprint density at radius 3 is 3.00 bits per heavy atom. The van der Waals surface area contributed by atoms with Crippen LogP contribution in [0.25, 0.3) is 0 Å². The lowest BCUT2D eigenvalue weighted by Crippen LogP contribution is -2.38. The largest absolute Gasteiger partial charge is 0.384 e. The second-order valence-corrected chi connectivity index (χ2v) is 4.43. The summed E-state index contributed by atoms with van der Waals surface area (Å²) in [7, 11) is 0. The zero-order valence-electron chi connectivity index (χ0n) is 10.8. The normalized spacial score (nSPS) is 15.5. The van der Waals surface area contributed by atoms with Gasteiger partial charge in [-0.05, 0) is 25.0 Å². The van der Waals surface area contributed by atoms with Crippen LogP contribution in [-0.4, -0.2) is 37.2 Å². The summed E-state index contributed by atoms with van der Waals surface area (Å²) < 4.78 is 5.33. The van der Waals surface area contributed by atoms with Crippen molar-refractivity contribution in [1.82, 2.24) is 4.90 Å². The minimum absolute atomic E-state index is 0.0499. The number of para-hydroxylation sites is 1. The standard InChI is InChI=1S/C14H20N2O2/c1-2-8-15-13-7-4-3-6-12(13)14(17)16-9-5-10-18-11-16/h3-4,6-7,15H,2,5,8-11H2,1H3. The molecule has 4 heteroatoms. The summed E-state index contributed by atoms with van der Waals surface area (Å²) in [4.78, 5) is 14.1. The van der Waals surface area contributed by atoms with Crippen LogP contribution in [0, 0.1) is 0 Å². The topological polar surface area (TPSA) is 41.6 Å². The molecule has 0 bridgehead atoms.